The zero-order valence-corrected chi connectivity index (χ0v) is 12.4. The highest BCUT2D eigenvalue weighted by atomic mass is 35.5. The van der Waals surface area contributed by atoms with Crippen LogP contribution in [0.2, 0.25) is 5.02 Å². The van der Waals surface area contributed by atoms with Crippen molar-refractivity contribution in [2.45, 2.75) is 32.4 Å². The van der Waals surface area contributed by atoms with Crippen LogP contribution in [0, 0.1) is 0 Å². The highest BCUT2D eigenvalue weighted by molar-refractivity contribution is 6.32. The molecule has 0 spiro atoms. The van der Waals surface area contributed by atoms with Gasteiger partial charge in [0.2, 0.25) is 0 Å². The monoisotopic (exact) mass is 289 g/mol. The van der Waals surface area contributed by atoms with Gasteiger partial charge in [0.1, 0.15) is 5.75 Å². The lowest BCUT2D eigenvalue weighted by atomic mass is 10.0. The first-order valence-corrected chi connectivity index (χ1v) is 7.34. The first-order chi connectivity index (χ1) is 9.70. The molecule has 2 rings (SSSR count). The lowest BCUT2D eigenvalue weighted by molar-refractivity contribution is 0.474. The molecule has 0 aromatic heterocycles. The van der Waals surface area contributed by atoms with Crippen molar-refractivity contribution in [3.8, 4) is 5.75 Å². The molecule has 20 heavy (non-hydrogen) atoms. The molecule has 0 saturated heterocycles. The minimum Gasteiger partial charge on any atom is -0.506 e. The van der Waals surface area contributed by atoms with Crippen LogP contribution in [0.15, 0.2) is 48.5 Å². The van der Waals surface area contributed by atoms with E-state index in [0.29, 0.717) is 11.1 Å². The van der Waals surface area contributed by atoms with Gasteiger partial charge in [-0.15, -0.1) is 0 Å². The van der Waals surface area contributed by atoms with E-state index in [-0.39, 0.29) is 5.75 Å². The molecule has 2 aromatic carbocycles. The Bertz CT molecular complexity index is 542. The van der Waals surface area contributed by atoms with Crippen LogP contribution in [0.3, 0.4) is 0 Å². The van der Waals surface area contributed by atoms with E-state index in [0.717, 1.165) is 24.9 Å². The van der Waals surface area contributed by atoms with E-state index >= 15 is 0 Å². The summed E-state index contributed by atoms with van der Waals surface area (Å²) < 4.78 is 0. The maximum Gasteiger partial charge on any atom is 0.134 e. The molecule has 0 aliphatic heterocycles. The molecule has 0 amide bonds. The molecule has 0 fully saturated rings. The summed E-state index contributed by atoms with van der Waals surface area (Å²) in [7, 11) is 0. The molecule has 3 heteroatoms. The van der Waals surface area contributed by atoms with Gasteiger partial charge in [0, 0.05) is 12.6 Å². The smallest absolute Gasteiger partial charge is 0.134 e. The fourth-order valence-corrected chi connectivity index (χ4v) is 2.47. The Morgan fingerprint density at radius 2 is 1.90 bits per heavy atom. The SMILES string of the molecule is CCCC(NCc1ccc(O)c(Cl)c1)c1ccccc1. The maximum absolute atomic E-state index is 9.43. The average Bonchev–Trinajstić information content (AvgIpc) is 2.48. The van der Waals surface area contributed by atoms with E-state index < -0.39 is 0 Å². The van der Waals surface area contributed by atoms with Crippen molar-refractivity contribution in [1.82, 2.24) is 5.32 Å². The summed E-state index contributed by atoms with van der Waals surface area (Å²) in [6.45, 7) is 2.93. The van der Waals surface area contributed by atoms with E-state index in [1.807, 2.05) is 12.1 Å². The van der Waals surface area contributed by atoms with Crippen LogP contribution in [0.5, 0.6) is 5.75 Å². The summed E-state index contributed by atoms with van der Waals surface area (Å²) >= 11 is 5.93. The summed E-state index contributed by atoms with van der Waals surface area (Å²) in [5.41, 5.74) is 2.38. The number of halogens is 1. The molecule has 0 bridgehead atoms. The molecule has 0 aliphatic carbocycles. The van der Waals surface area contributed by atoms with Crippen LogP contribution >= 0.6 is 11.6 Å². The number of phenolic OH excluding ortho intramolecular Hbond substituents is 1. The number of aromatic hydroxyl groups is 1. The van der Waals surface area contributed by atoms with Crippen LogP contribution < -0.4 is 5.32 Å². The van der Waals surface area contributed by atoms with Gasteiger partial charge < -0.3 is 10.4 Å². The first-order valence-electron chi connectivity index (χ1n) is 6.96. The molecule has 0 radical (unpaired) electrons. The Labute approximate surface area is 125 Å². The normalized spacial score (nSPS) is 12.3. The van der Waals surface area contributed by atoms with Crippen molar-refractivity contribution in [3.63, 3.8) is 0 Å². The predicted octanol–water partition coefficient (Wildman–Crippen LogP) is 4.68. The Morgan fingerprint density at radius 1 is 1.15 bits per heavy atom. The molecule has 1 unspecified atom stereocenters. The van der Waals surface area contributed by atoms with E-state index in [4.69, 9.17) is 11.6 Å². The number of hydrogen-bond donors (Lipinski definition) is 2. The fourth-order valence-electron chi connectivity index (χ4n) is 2.26. The number of benzene rings is 2. The second-order valence-corrected chi connectivity index (χ2v) is 5.33. The predicted molar refractivity (Wildman–Crippen MR) is 84.0 cm³/mol. The summed E-state index contributed by atoms with van der Waals surface area (Å²) in [5.74, 6) is 0.128. The Balaban J connectivity index is 2.03. The highest BCUT2D eigenvalue weighted by Crippen LogP contribution is 2.24. The highest BCUT2D eigenvalue weighted by Gasteiger charge is 2.09. The molecule has 2 aromatic rings. The van der Waals surface area contributed by atoms with Crippen molar-refractivity contribution in [1.29, 1.82) is 0 Å². The van der Waals surface area contributed by atoms with Gasteiger partial charge >= 0.3 is 0 Å². The number of hydrogen-bond acceptors (Lipinski definition) is 2. The van der Waals surface area contributed by atoms with Crippen LogP contribution in [-0.4, -0.2) is 5.11 Å². The topological polar surface area (TPSA) is 32.3 Å². The van der Waals surface area contributed by atoms with Gasteiger partial charge in [-0.25, -0.2) is 0 Å². The molecular weight excluding hydrogens is 270 g/mol. The third-order valence-corrected chi connectivity index (χ3v) is 3.65. The third-order valence-electron chi connectivity index (χ3n) is 3.34. The van der Waals surface area contributed by atoms with Gasteiger partial charge in [-0.3, -0.25) is 0 Å². The van der Waals surface area contributed by atoms with Gasteiger partial charge in [-0.05, 0) is 29.7 Å². The zero-order chi connectivity index (χ0) is 14.4. The van der Waals surface area contributed by atoms with Crippen LogP contribution in [0.4, 0.5) is 0 Å². The molecule has 1 atom stereocenters. The Morgan fingerprint density at radius 3 is 2.55 bits per heavy atom. The summed E-state index contributed by atoms with van der Waals surface area (Å²) in [6, 6.07) is 16.1. The van der Waals surface area contributed by atoms with E-state index in [1.165, 1.54) is 5.56 Å². The standard InChI is InChI=1S/C17H20ClNO/c1-2-6-16(14-7-4-3-5-8-14)19-12-13-9-10-17(20)15(18)11-13/h3-5,7-11,16,19-20H,2,6,12H2,1H3. The largest absolute Gasteiger partial charge is 0.506 e. The fraction of sp³-hybridized carbons (Fsp3) is 0.294. The van der Waals surface area contributed by atoms with Crippen LogP contribution in [0.1, 0.15) is 36.9 Å². The summed E-state index contributed by atoms with van der Waals surface area (Å²) in [5, 5.41) is 13.4. The maximum atomic E-state index is 9.43. The Kier molecular flexibility index (Phi) is 5.45. The van der Waals surface area contributed by atoms with Crippen molar-refractivity contribution in [2.24, 2.45) is 0 Å². The molecule has 0 heterocycles. The van der Waals surface area contributed by atoms with Gasteiger partial charge in [0.15, 0.2) is 0 Å². The van der Waals surface area contributed by atoms with E-state index in [2.05, 4.69) is 36.5 Å². The van der Waals surface area contributed by atoms with Crippen LogP contribution in [-0.2, 0) is 6.54 Å². The molecule has 2 N–H and O–H groups in total. The van der Waals surface area contributed by atoms with Crippen molar-refractivity contribution in [2.75, 3.05) is 0 Å². The first kappa shape index (κ1) is 14.9. The van der Waals surface area contributed by atoms with Crippen molar-refractivity contribution < 1.29 is 5.11 Å². The number of nitrogens with one attached hydrogen (secondary N) is 1. The van der Waals surface area contributed by atoms with Gasteiger partial charge in [-0.1, -0.05) is 61.3 Å². The van der Waals surface area contributed by atoms with Gasteiger partial charge in [0.05, 0.1) is 5.02 Å². The quantitative estimate of drug-likeness (QED) is 0.809. The zero-order valence-electron chi connectivity index (χ0n) is 11.6. The molecule has 0 aliphatic rings. The van der Waals surface area contributed by atoms with Gasteiger partial charge in [-0.2, -0.15) is 0 Å². The third kappa shape index (κ3) is 3.99. The molecule has 106 valence electrons. The van der Waals surface area contributed by atoms with Crippen molar-refractivity contribution in [3.05, 3.63) is 64.7 Å². The van der Waals surface area contributed by atoms with Crippen LogP contribution in [0.25, 0.3) is 0 Å². The second-order valence-electron chi connectivity index (χ2n) is 4.92. The second kappa shape index (κ2) is 7.32. The molecular formula is C17H20ClNO. The number of rotatable bonds is 6. The minimum absolute atomic E-state index is 0.128. The molecule has 2 nitrogen and oxygen atoms in total. The van der Waals surface area contributed by atoms with E-state index in [1.54, 1.807) is 12.1 Å². The lowest BCUT2D eigenvalue weighted by Gasteiger charge is -2.19. The Hall–Kier alpha value is -1.51. The summed E-state index contributed by atoms with van der Waals surface area (Å²) in [6.07, 6.45) is 2.22. The number of phenols is 1. The average molecular weight is 290 g/mol. The van der Waals surface area contributed by atoms with Crippen molar-refractivity contribution >= 4 is 11.6 Å². The summed E-state index contributed by atoms with van der Waals surface area (Å²) in [4.78, 5) is 0. The van der Waals surface area contributed by atoms with Gasteiger partial charge in [0.25, 0.3) is 0 Å². The molecule has 0 saturated carbocycles. The van der Waals surface area contributed by atoms with E-state index in [9.17, 15) is 5.11 Å². The lowest BCUT2D eigenvalue weighted by Crippen LogP contribution is -2.20. The minimum atomic E-state index is 0.128.